The molecule has 1 saturated heterocycles. The highest BCUT2D eigenvalue weighted by molar-refractivity contribution is 9.10. The van der Waals surface area contributed by atoms with E-state index in [-0.39, 0.29) is 6.03 Å². The van der Waals surface area contributed by atoms with Crippen LogP contribution in [0.2, 0.25) is 0 Å². The van der Waals surface area contributed by atoms with E-state index in [4.69, 9.17) is 5.10 Å². The lowest BCUT2D eigenvalue weighted by Crippen LogP contribution is -2.58. The van der Waals surface area contributed by atoms with Gasteiger partial charge in [0.05, 0.1) is 11.4 Å². The minimum absolute atomic E-state index is 0.201. The van der Waals surface area contributed by atoms with Crippen LogP contribution in [-0.2, 0) is 5.66 Å². The fraction of sp³-hybridized carbons (Fsp3) is 0.0303. The van der Waals surface area contributed by atoms with Gasteiger partial charge in [-0.3, -0.25) is 4.90 Å². The van der Waals surface area contributed by atoms with Crippen LogP contribution in [0.15, 0.2) is 154 Å². The third-order valence-corrected chi connectivity index (χ3v) is 8.30. The van der Waals surface area contributed by atoms with Gasteiger partial charge in [-0.1, -0.05) is 116 Å². The van der Waals surface area contributed by atoms with Gasteiger partial charge in [-0.15, -0.1) is 0 Å². The predicted octanol–water partition coefficient (Wildman–Crippen LogP) is 8.57. The molecule has 0 spiro atoms. The van der Waals surface area contributed by atoms with E-state index in [9.17, 15) is 4.79 Å². The molecule has 2 aliphatic rings. The Morgan fingerprint density at radius 2 is 1.07 bits per heavy atom. The van der Waals surface area contributed by atoms with E-state index in [1.807, 2.05) is 143 Å². The highest BCUT2D eigenvalue weighted by atomic mass is 79.9. The number of hydrogen-bond donors (Lipinski definition) is 0. The Kier molecular flexibility index (Phi) is 6.46. The molecule has 6 nitrogen and oxygen atoms in total. The summed E-state index contributed by atoms with van der Waals surface area (Å²) in [5, 5.41) is 10.8. The smallest absolute Gasteiger partial charge is 0.260 e. The van der Waals surface area contributed by atoms with Crippen LogP contribution in [0.3, 0.4) is 0 Å². The Bertz CT molecular complexity index is 1730. The largest absolute Gasteiger partial charge is 0.347 e. The molecule has 0 saturated carbocycles. The number of hydrazone groups is 1. The number of amides is 2. The van der Waals surface area contributed by atoms with Crippen molar-refractivity contribution in [2.24, 2.45) is 5.10 Å². The number of urea groups is 1. The zero-order chi connectivity index (χ0) is 28.0. The summed E-state index contributed by atoms with van der Waals surface area (Å²) >= 11 is 7.12. The Hall–Kier alpha value is -4.24. The molecule has 8 heteroatoms. The Morgan fingerprint density at radius 3 is 1.66 bits per heavy atom. The molecule has 0 radical (unpaired) electrons. The van der Waals surface area contributed by atoms with Gasteiger partial charge in [0.2, 0.25) is 5.66 Å². The van der Waals surface area contributed by atoms with Gasteiger partial charge in [-0.25, -0.2) is 9.80 Å². The number of benzene rings is 5. The summed E-state index contributed by atoms with van der Waals surface area (Å²) in [6.07, 6.45) is 0. The first-order valence-electron chi connectivity index (χ1n) is 13.1. The summed E-state index contributed by atoms with van der Waals surface area (Å²) in [7, 11) is 0. The molecule has 2 amide bonds. The molecule has 0 bridgehead atoms. The molecule has 5 aromatic rings. The van der Waals surface area contributed by atoms with Crippen LogP contribution in [0.4, 0.5) is 21.9 Å². The molecule has 200 valence electrons. The summed E-state index contributed by atoms with van der Waals surface area (Å²) in [6.45, 7) is 0. The van der Waals surface area contributed by atoms with Crippen molar-refractivity contribution in [1.82, 2.24) is 5.12 Å². The average molecular weight is 665 g/mol. The lowest BCUT2D eigenvalue weighted by Gasteiger charge is -2.41. The second kappa shape index (κ2) is 10.3. The van der Waals surface area contributed by atoms with Crippen molar-refractivity contribution in [3.8, 4) is 0 Å². The van der Waals surface area contributed by atoms with Crippen molar-refractivity contribution in [2.45, 2.75) is 5.66 Å². The predicted molar refractivity (Wildman–Crippen MR) is 170 cm³/mol. The van der Waals surface area contributed by atoms with E-state index < -0.39 is 5.66 Å². The highest BCUT2D eigenvalue weighted by Gasteiger charge is 2.67. The molecule has 0 N–H and O–H groups in total. The van der Waals surface area contributed by atoms with Gasteiger partial charge >= 0.3 is 6.03 Å². The Morgan fingerprint density at radius 1 is 0.561 bits per heavy atom. The molecule has 5 aromatic carbocycles. The first-order valence-corrected chi connectivity index (χ1v) is 14.7. The van der Waals surface area contributed by atoms with Gasteiger partial charge in [0.15, 0.2) is 0 Å². The van der Waals surface area contributed by atoms with E-state index >= 15 is 0 Å². The number of hydrogen-bond acceptors (Lipinski definition) is 4. The van der Waals surface area contributed by atoms with Crippen LogP contribution < -0.4 is 15.0 Å². The topological polar surface area (TPSA) is 42.4 Å². The van der Waals surface area contributed by atoms with Crippen LogP contribution in [-0.4, -0.2) is 16.9 Å². The summed E-state index contributed by atoms with van der Waals surface area (Å²) < 4.78 is 1.88. The summed E-state index contributed by atoms with van der Waals surface area (Å²) in [4.78, 5) is 16.8. The van der Waals surface area contributed by atoms with Crippen molar-refractivity contribution in [2.75, 3.05) is 15.0 Å². The fourth-order valence-electron chi connectivity index (χ4n) is 5.50. The molecule has 1 unspecified atom stereocenters. The van der Waals surface area contributed by atoms with Crippen molar-refractivity contribution in [1.29, 1.82) is 0 Å². The number of carbonyl (C=O) groups excluding carboxylic acids is 1. The monoisotopic (exact) mass is 663 g/mol. The minimum Gasteiger partial charge on any atom is -0.260 e. The first-order chi connectivity index (χ1) is 20.1. The zero-order valence-corrected chi connectivity index (χ0v) is 24.9. The Balaban J connectivity index is 1.59. The highest BCUT2D eigenvalue weighted by Crippen LogP contribution is 2.52. The molecule has 41 heavy (non-hydrogen) atoms. The van der Waals surface area contributed by atoms with Crippen molar-refractivity contribution in [3.05, 3.63) is 160 Å². The number of anilines is 3. The molecule has 7 rings (SSSR count). The van der Waals surface area contributed by atoms with E-state index in [2.05, 4.69) is 44.0 Å². The van der Waals surface area contributed by atoms with Gasteiger partial charge in [0.25, 0.3) is 0 Å². The number of nitrogens with zero attached hydrogens (tertiary/aromatic N) is 5. The number of carbonyl (C=O) groups is 1. The first kappa shape index (κ1) is 25.7. The second-order valence-corrected chi connectivity index (χ2v) is 11.5. The van der Waals surface area contributed by atoms with Gasteiger partial charge in [-0.2, -0.15) is 10.2 Å². The normalized spacial score (nSPS) is 18.5. The maximum Gasteiger partial charge on any atom is 0.347 e. The van der Waals surface area contributed by atoms with E-state index in [0.717, 1.165) is 37.2 Å². The number of rotatable bonds is 5. The van der Waals surface area contributed by atoms with Gasteiger partial charge in [0.1, 0.15) is 5.71 Å². The maximum absolute atomic E-state index is 14.9. The SMILES string of the molecule is O=C1N(c2ccc(Br)cc2)N2N(c3ccc(Br)cc3)N=C(c3ccccc3)C2(c2ccccc2)N1c1ccccc1. The molecular formula is C33H23Br2N5O. The van der Waals surface area contributed by atoms with Crippen LogP contribution >= 0.6 is 31.9 Å². The molecule has 1 fully saturated rings. The number of hydrazine groups is 2. The number of halogens is 2. The van der Waals surface area contributed by atoms with Crippen LogP contribution in [0.5, 0.6) is 0 Å². The standard InChI is InChI=1S/C33H23Br2N5O/c34-26-16-20-29(21-17-26)38-32(41)37(28-14-8-3-9-15-28)33(25-12-6-2-7-13-25)31(24-10-4-1-5-11-24)36-39(40(33)38)30-22-18-27(35)19-23-30/h1-23H. The number of fused-ring (bicyclic) bond motifs is 1. The van der Waals surface area contributed by atoms with Gasteiger partial charge in [-0.05, 0) is 60.7 Å². The third-order valence-electron chi connectivity index (χ3n) is 7.25. The van der Waals surface area contributed by atoms with Crippen molar-refractivity contribution >= 4 is 60.7 Å². The van der Waals surface area contributed by atoms with Crippen molar-refractivity contribution in [3.63, 3.8) is 0 Å². The molecule has 0 aliphatic carbocycles. The van der Waals surface area contributed by atoms with Crippen LogP contribution in [0, 0.1) is 0 Å². The van der Waals surface area contributed by atoms with Crippen molar-refractivity contribution < 1.29 is 4.79 Å². The summed E-state index contributed by atoms with van der Waals surface area (Å²) in [6, 6.07) is 45.5. The molecule has 2 heterocycles. The molecule has 2 aliphatic heterocycles. The minimum atomic E-state index is -1.15. The Labute approximate surface area is 254 Å². The second-order valence-electron chi connectivity index (χ2n) is 9.65. The van der Waals surface area contributed by atoms with E-state index in [0.29, 0.717) is 5.69 Å². The van der Waals surface area contributed by atoms with E-state index in [1.165, 1.54) is 0 Å². The lowest BCUT2D eigenvalue weighted by atomic mass is 9.88. The average Bonchev–Trinajstić information content (AvgIpc) is 3.49. The van der Waals surface area contributed by atoms with Crippen LogP contribution in [0.25, 0.3) is 0 Å². The van der Waals surface area contributed by atoms with Gasteiger partial charge in [0, 0.05) is 25.8 Å². The lowest BCUT2D eigenvalue weighted by molar-refractivity contribution is 0.191. The number of para-hydroxylation sites is 1. The molecule has 0 aromatic heterocycles. The third kappa shape index (κ3) is 4.10. The summed E-state index contributed by atoms with van der Waals surface area (Å²) in [5.41, 5.74) is 3.66. The maximum atomic E-state index is 14.9. The summed E-state index contributed by atoms with van der Waals surface area (Å²) in [5.74, 6) is 0. The van der Waals surface area contributed by atoms with Gasteiger partial charge < -0.3 is 0 Å². The zero-order valence-electron chi connectivity index (χ0n) is 21.7. The van der Waals surface area contributed by atoms with Crippen LogP contribution in [0.1, 0.15) is 11.1 Å². The molecule has 1 atom stereocenters. The van der Waals surface area contributed by atoms with E-state index in [1.54, 1.807) is 5.01 Å². The quantitative estimate of drug-likeness (QED) is 0.189. The molecular weight excluding hydrogens is 642 g/mol. The fourth-order valence-corrected chi connectivity index (χ4v) is 6.03.